The Morgan fingerprint density at radius 3 is 2.22 bits per heavy atom. The molecular formula is C43H32N2S. The lowest BCUT2D eigenvalue weighted by molar-refractivity contribution is 0.473. The van der Waals surface area contributed by atoms with Crippen molar-refractivity contribution in [3.05, 3.63) is 162 Å². The Morgan fingerprint density at radius 1 is 0.652 bits per heavy atom. The molecule has 2 atom stereocenters. The van der Waals surface area contributed by atoms with Crippen molar-refractivity contribution >= 4 is 38.5 Å². The van der Waals surface area contributed by atoms with E-state index in [9.17, 15) is 0 Å². The standard InChI is InChI=1S/C43H32N2S/c1-4-12-29(13-5-1)33-24-25-41-37(26-33)38-28-34(30-14-6-2-7-15-30)27-36(42(38)46-41)31-20-22-32(23-21-31)43-44-39-18-10-11-19-40(39)45(43)35-16-8-3-9-17-35/h1-12,14-25,27-29,33H,13,26H2. The van der Waals surface area contributed by atoms with Crippen molar-refractivity contribution in [1.29, 1.82) is 0 Å². The van der Waals surface area contributed by atoms with E-state index in [1.807, 2.05) is 11.3 Å². The maximum Gasteiger partial charge on any atom is 0.145 e. The quantitative estimate of drug-likeness (QED) is 0.190. The topological polar surface area (TPSA) is 17.8 Å². The minimum atomic E-state index is 0.526. The van der Waals surface area contributed by atoms with Crippen LogP contribution in [-0.4, -0.2) is 9.55 Å². The van der Waals surface area contributed by atoms with E-state index in [0.717, 1.165) is 41.0 Å². The Morgan fingerprint density at radius 2 is 1.41 bits per heavy atom. The molecule has 0 aliphatic heterocycles. The van der Waals surface area contributed by atoms with Crippen LogP contribution in [0.2, 0.25) is 0 Å². The molecule has 0 fully saturated rings. The van der Waals surface area contributed by atoms with Gasteiger partial charge in [0.25, 0.3) is 0 Å². The van der Waals surface area contributed by atoms with Crippen molar-refractivity contribution in [2.45, 2.75) is 12.8 Å². The number of aromatic nitrogens is 2. The number of para-hydroxylation sites is 3. The number of fused-ring (bicyclic) bond motifs is 4. The van der Waals surface area contributed by atoms with Gasteiger partial charge < -0.3 is 0 Å². The molecule has 0 amide bonds. The van der Waals surface area contributed by atoms with E-state index in [4.69, 9.17) is 4.98 Å². The number of nitrogens with zero attached hydrogens (tertiary/aromatic N) is 2. The average molecular weight is 609 g/mol. The number of thiophene rings is 1. The second kappa shape index (κ2) is 11.3. The van der Waals surface area contributed by atoms with E-state index in [-0.39, 0.29) is 0 Å². The Kier molecular flexibility index (Phi) is 6.64. The third kappa shape index (κ3) is 4.67. The molecule has 9 rings (SSSR count). The lowest BCUT2D eigenvalue weighted by atomic mass is 9.79. The highest BCUT2D eigenvalue weighted by atomic mass is 32.1. The Balaban J connectivity index is 1.17. The van der Waals surface area contributed by atoms with Gasteiger partial charge in [0.1, 0.15) is 5.82 Å². The molecule has 2 heterocycles. The predicted octanol–water partition coefficient (Wildman–Crippen LogP) is 11.6. The van der Waals surface area contributed by atoms with Crippen molar-refractivity contribution in [2.75, 3.05) is 0 Å². The van der Waals surface area contributed by atoms with E-state index in [1.165, 1.54) is 42.8 Å². The van der Waals surface area contributed by atoms with Gasteiger partial charge in [0.15, 0.2) is 0 Å². The van der Waals surface area contributed by atoms with E-state index in [2.05, 4.69) is 162 Å². The zero-order valence-corrected chi connectivity index (χ0v) is 26.2. The number of hydrogen-bond donors (Lipinski definition) is 0. The first-order valence-corrected chi connectivity index (χ1v) is 16.9. The highest BCUT2D eigenvalue weighted by Gasteiger charge is 2.26. The molecule has 46 heavy (non-hydrogen) atoms. The number of benzene rings is 5. The fourth-order valence-electron chi connectivity index (χ4n) is 7.21. The lowest BCUT2D eigenvalue weighted by Gasteiger charge is -2.25. The van der Waals surface area contributed by atoms with E-state index in [0.29, 0.717) is 11.8 Å². The lowest BCUT2D eigenvalue weighted by Crippen LogP contribution is -2.16. The molecule has 0 saturated heterocycles. The third-order valence-electron chi connectivity index (χ3n) is 9.56. The molecule has 2 unspecified atom stereocenters. The Hall–Kier alpha value is -5.25. The first kappa shape index (κ1) is 27.1. The summed E-state index contributed by atoms with van der Waals surface area (Å²) in [5.74, 6) is 2.05. The van der Waals surface area contributed by atoms with Gasteiger partial charge >= 0.3 is 0 Å². The van der Waals surface area contributed by atoms with Gasteiger partial charge in [0.05, 0.1) is 11.0 Å². The molecule has 2 aliphatic rings. The SMILES string of the molecule is C1=CCC(C2C=Cc3sc4c(-c5ccc(-c6nc7ccccc7n6-c6ccccc6)cc5)cc(-c5ccccc5)cc4c3C2)C=C1. The molecule has 0 spiro atoms. The highest BCUT2D eigenvalue weighted by molar-refractivity contribution is 7.20. The zero-order valence-electron chi connectivity index (χ0n) is 25.4. The molecule has 0 N–H and O–H groups in total. The van der Waals surface area contributed by atoms with Crippen molar-refractivity contribution in [2.24, 2.45) is 11.8 Å². The molecule has 2 aliphatic carbocycles. The van der Waals surface area contributed by atoms with Crippen molar-refractivity contribution in [3.63, 3.8) is 0 Å². The van der Waals surface area contributed by atoms with Crippen LogP contribution in [-0.2, 0) is 6.42 Å². The summed E-state index contributed by atoms with van der Waals surface area (Å²) in [7, 11) is 0. The van der Waals surface area contributed by atoms with Crippen molar-refractivity contribution in [1.82, 2.24) is 9.55 Å². The molecule has 7 aromatic rings. The summed E-state index contributed by atoms with van der Waals surface area (Å²) in [6.45, 7) is 0. The van der Waals surface area contributed by atoms with E-state index < -0.39 is 0 Å². The maximum absolute atomic E-state index is 5.10. The fraction of sp³-hybridized carbons (Fsp3) is 0.0930. The molecule has 5 aromatic carbocycles. The van der Waals surface area contributed by atoms with E-state index in [1.54, 1.807) is 0 Å². The van der Waals surface area contributed by atoms with Crippen LogP contribution in [0.4, 0.5) is 0 Å². The van der Waals surface area contributed by atoms with E-state index >= 15 is 0 Å². The predicted molar refractivity (Wildman–Crippen MR) is 195 cm³/mol. The molecule has 3 heteroatoms. The average Bonchev–Trinajstić information content (AvgIpc) is 3.71. The number of imidazole rings is 1. The first-order chi connectivity index (χ1) is 22.8. The Labute approximate surface area is 273 Å². The summed E-state index contributed by atoms with van der Waals surface area (Å²) in [6.07, 6.45) is 16.1. The minimum Gasteiger partial charge on any atom is -0.292 e. The molecule has 0 radical (unpaired) electrons. The largest absolute Gasteiger partial charge is 0.292 e. The summed E-state index contributed by atoms with van der Waals surface area (Å²) in [4.78, 5) is 6.51. The van der Waals surface area contributed by atoms with Crippen LogP contribution in [0.5, 0.6) is 0 Å². The van der Waals surface area contributed by atoms with Gasteiger partial charge in [-0.25, -0.2) is 4.98 Å². The van der Waals surface area contributed by atoms with Crippen LogP contribution in [0, 0.1) is 11.8 Å². The molecular weight excluding hydrogens is 577 g/mol. The van der Waals surface area contributed by atoms with Crippen LogP contribution in [0.15, 0.2) is 152 Å². The van der Waals surface area contributed by atoms with Crippen LogP contribution in [0.3, 0.4) is 0 Å². The van der Waals surface area contributed by atoms with Crippen LogP contribution < -0.4 is 0 Å². The molecule has 0 saturated carbocycles. The molecule has 2 nitrogen and oxygen atoms in total. The highest BCUT2D eigenvalue weighted by Crippen LogP contribution is 2.46. The summed E-state index contributed by atoms with van der Waals surface area (Å²) in [5, 5.41) is 1.40. The summed E-state index contributed by atoms with van der Waals surface area (Å²) in [6, 6.07) is 43.6. The van der Waals surface area contributed by atoms with Gasteiger partial charge in [-0.15, -0.1) is 11.3 Å². The molecule has 2 aromatic heterocycles. The van der Waals surface area contributed by atoms with Crippen LogP contribution in [0.1, 0.15) is 16.9 Å². The Bertz CT molecular complexity index is 2300. The van der Waals surface area contributed by atoms with Gasteiger partial charge in [-0.3, -0.25) is 4.57 Å². The van der Waals surface area contributed by atoms with Crippen LogP contribution in [0.25, 0.3) is 66.5 Å². The smallest absolute Gasteiger partial charge is 0.145 e. The van der Waals surface area contributed by atoms with Gasteiger partial charge in [-0.1, -0.05) is 115 Å². The van der Waals surface area contributed by atoms with Gasteiger partial charge in [0, 0.05) is 26.4 Å². The number of hydrogen-bond acceptors (Lipinski definition) is 2. The van der Waals surface area contributed by atoms with Crippen molar-refractivity contribution in [3.8, 4) is 39.3 Å². The second-order valence-corrected chi connectivity index (χ2v) is 13.4. The van der Waals surface area contributed by atoms with Crippen LogP contribution >= 0.6 is 11.3 Å². The first-order valence-electron chi connectivity index (χ1n) is 16.1. The summed E-state index contributed by atoms with van der Waals surface area (Å²) in [5.41, 5.74) is 10.9. The number of rotatable bonds is 5. The van der Waals surface area contributed by atoms with Gasteiger partial charge in [0.2, 0.25) is 0 Å². The van der Waals surface area contributed by atoms with Crippen molar-refractivity contribution < 1.29 is 0 Å². The second-order valence-electron chi connectivity index (χ2n) is 12.3. The number of allylic oxidation sites excluding steroid dienone is 5. The summed E-state index contributed by atoms with van der Waals surface area (Å²) < 4.78 is 3.64. The van der Waals surface area contributed by atoms with Gasteiger partial charge in [-0.05, 0) is 94.8 Å². The summed E-state index contributed by atoms with van der Waals surface area (Å²) >= 11 is 1.94. The fourth-order valence-corrected chi connectivity index (χ4v) is 8.47. The monoisotopic (exact) mass is 608 g/mol. The minimum absolute atomic E-state index is 0.526. The third-order valence-corrected chi connectivity index (χ3v) is 10.8. The molecule has 0 bridgehead atoms. The van der Waals surface area contributed by atoms with Gasteiger partial charge in [-0.2, -0.15) is 0 Å². The maximum atomic E-state index is 5.10. The normalized spacial score (nSPS) is 17.1. The zero-order chi connectivity index (χ0) is 30.5. The molecule has 220 valence electrons.